The Morgan fingerprint density at radius 3 is 2.46 bits per heavy atom. The lowest BCUT2D eigenvalue weighted by Crippen LogP contribution is -2.33. The van der Waals surface area contributed by atoms with Crippen LogP contribution in [-0.2, 0) is 0 Å². The third-order valence-electron chi connectivity index (χ3n) is 2.64. The van der Waals surface area contributed by atoms with Gasteiger partial charge in [-0.05, 0) is 31.4 Å². The van der Waals surface area contributed by atoms with Gasteiger partial charge in [0.2, 0.25) is 5.29 Å². The smallest absolute Gasteiger partial charge is 0.216 e. The van der Waals surface area contributed by atoms with Gasteiger partial charge in [0.25, 0.3) is 0 Å². The van der Waals surface area contributed by atoms with Crippen LogP contribution in [0.4, 0.5) is 0 Å². The average molecular weight is 202 g/mol. The third kappa shape index (κ3) is 2.99. The zero-order chi connectivity index (χ0) is 9.84. The fourth-order valence-corrected chi connectivity index (χ4v) is 1.90. The normalized spacial score (nSPS) is 19.2. The van der Waals surface area contributed by atoms with Crippen molar-refractivity contribution in [3.63, 3.8) is 0 Å². The topological polar surface area (TPSA) is 39.5 Å². The SMILES string of the molecule is C/C(=N\C(=N)Cl)N(C)C1CCCC1. The molecular formula is C9H16ClN3. The van der Waals surface area contributed by atoms with Gasteiger partial charge in [-0.3, -0.25) is 5.41 Å². The Hall–Kier alpha value is -0.570. The molecule has 4 heteroatoms. The first-order chi connectivity index (χ1) is 6.11. The van der Waals surface area contributed by atoms with E-state index in [0.717, 1.165) is 5.84 Å². The van der Waals surface area contributed by atoms with Gasteiger partial charge in [0, 0.05) is 13.1 Å². The minimum Gasteiger partial charge on any atom is -0.360 e. The molecule has 1 fully saturated rings. The van der Waals surface area contributed by atoms with Gasteiger partial charge >= 0.3 is 0 Å². The zero-order valence-corrected chi connectivity index (χ0v) is 8.93. The number of aliphatic imine (C=N–C) groups is 1. The van der Waals surface area contributed by atoms with Crippen molar-refractivity contribution in [1.82, 2.24) is 4.90 Å². The van der Waals surface area contributed by atoms with Gasteiger partial charge in [0.1, 0.15) is 5.84 Å². The second kappa shape index (κ2) is 4.61. The second-order valence-corrected chi connectivity index (χ2v) is 3.86. The molecule has 0 spiro atoms. The number of nitrogens with one attached hydrogen (secondary N) is 1. The maximum atomic E-state index is 7.04. The molecule has 3 nitrogen and oxygen atoms in total. The summed E-state index contributed by atoms with van der Waals surface area (Å²) in [6, 6.07) is 0.597. The van der Waals surface area contributed by atoms with Crippen LogP contribution in [0.25, 0.3) is 0 Å². The first-order valence-electron chi connectivity index (χ1n) is 4.63. The van der Waals surface area contributed by atoms with E-state index in [4.69, 9.17) is 17.0 Å². The maximum Gasteiger partial charge on any atom is 0.216 e. The van der Waals surface area contributed by atoms with Crippen molar-refractivity contribution >= 4 is 22.7 Å². The molecule has 1 aliphatic rings. The zero-order valence-electron chi connectivity index (χ0n) is 8.18. The molecule has 0 bridgehead atoms. The van der Waals surface area contributed by atoms with Crippen molar-refractivity contribution in [2.24, 2.45) is 4.99 Å². The van der Waals surface area contributed by atoms with Crippen LogP contribution in [0.5, 0.6) is 0 Å². The molecule has 74 valence electrons. The molecule has 0 aromatic rings. The lowest BCUT2D eigenvalue weighted by molar-refractivity contribution is 0.370. The molecule has 1 rings (SSSR count). The van der Waals surface area contributed by atoms with Crippen LogP contribution in [-0.4, -0.2) is 29.1 Å². The summed E-state index contributed by atoms with van der Waals surface area (Å²) in [5.74, 6) is 0.840. The van der Waals surface area contributed by atoms with Crippen molar-refractivity contribution in [3.8, 4) is 0 Å². The Morgan fingerprint density at radius 1 is 1.46 bits per heavy atom. The quantitative estimate of drug-likeness (QED) is 0.395. The van der Waals surface area contributed by atoms with Gasteiger partial charge in [0.05, 0.1) is 0 Å². The van der Waals surface area contributed by atoms with Crippen LogP contribution in [0, 0.1) is 5.41 Å². The highest BCUT2D eigenvalue weighted by molar-refractivity contribution is 6.64. The summed E-state index contributed by atoms with van der Waals surface area (Å²) in [7, 11) is 2.02. The van der Waals surface area contributed by atoms with Crippen LogP contribution < -0.4 is 0 Å². The van der Waals surface area contributed by atoms with Gasteiger partial charge in [0.15, 0.2) is 0 Å². The number of halogens is 1. The van der Waals surface area contributed by atoms with Gasteiger partial charge in [-0.25, -0.2) is 4.99 Å². The molecule has 0 unspecified atom stereocenters. The van der Waals surface area contributed by atoms with E-state index >= 15 is 0 Å². The van der Waals surface area contributed by atoms with Crippen LogP contribution in [0.15, 0.2) is 4.99 Å². The molecule has 0 amide bonds. The van der Waals surface area contributed by atoms with E-state index in [1.807, 2.05) is 14.0 Å². The Bertz CT molecular complexity index is 219. The summed E-state index contributed by atoms with van der Waals surface area (Å²) in [5, 5.41) is 6.90. The van der Waals surface area contributed by atoms with E-state index in [2.05, 4.69) is 9.89 Å². The van der Waals surface area contributed by atoms with Gasteiger partial charge in [-0.1, -0.05) is 12.8 Å². The second-order valence-electron chi connectivity index (χ2n) is 3.50. The molecule has 0 atom stereocenters. The summed E-state index contributed by atoms with van der Waals surface area (Å²) in [5.41, 5.74) is 0. The Balaban J connectivity index is 2.54. The lowest BCUT2D eigenvalue weighted by atomic mass is 10.2. The summed E-state index contributed by atoms with van der Waals surface area (Å²) in [6.45, 7) is 1.90. The Morgan fingerprint density at radius 2 is 2.00 bits per heavy atom. The molecule has 0 saturated heterocycles. The number of hydrogen-bond acceptors (Lipinski definition) is 1. The van der Waals surface area contributed by atoms with Crippen LogP contribution >= 0.6 is 11.6 Å². The van der Waals surface area contributed by atoms with Crippen molar-refractivity contribution in [1.29, 1.82) is 5.41 Å². The van der Waals surface area contributed by atoms with Crippen LogP contribution in [0.3, 0.4) is 0 Å². The Kier molecular flexibility index (Phi) is 3.72. The largest absolute Gasteiger partial charge is 0.360 e. The summed E-state index contributed by atoms with van der Waals surface area (Å²) >= 11 is 5.39. The molecule has 1 aliphatic carbocycles. The van der Waals surface area contributed by atoms with E-state index in [0.29, 0.717) is 6.04 Å². The monoisotopic (exact) mass is 201 g/mol. The molecule has 0 radical (unpaired) electrons. The van der Waals surface area contributed by atoms with E-state index in [1.54, 1.807) is 0 Å². The highest BCUT2D eigenvalue weighted by Crippen LogP contribution is 2.22. The molecule has 1 saturated carbocycles. The van der Waals surface area contributed by atoms with Gasteiger partial charge in [-0.2, -0.15) is 0 Å². The summed E-state index contributed by atoms with van der Waals surface area (Å²) in [4.78, 5) is 6.04. The molecule has 0 aromatic carbocycles. The van der Waals surface area contributed by atoms with E-state index < -0.39 is 0 Å². The van der Waals surface area contributed by atoms with Crippen LogP contribution in [0.1, 0.15) is 32.6 Å². The molecule has 0 aliphatic heterocycles. The lowest BCUT2D eigenvalue weighted by Gasteiger charge is -2.25. The van der Waals surface area contributed by atoms with E-state index in [-0.39, 0.29) is 5.29 Å². The average Bonchev–Trinajstić information content (AvgIpc) is 2.53. The summed E-state index contributed by atoms with van der Waals surface area (Å²) in [6.07, 6.45) is 5.08. The molecule has 0 aromatic heterocycles. The number of rotatable bonds is 1. The molecular weight excluding hydrogens is 186 g/mol. The minimum atomic E-state index is -0.137. The fourth-order valence-electron chi connectivity index (χ4n) is 1.78. The standard InChI is InChI=1S/C9H16ClN3/c1-7(12-9(10)11)13(2)8-5-3-4-6-8/h8,11H,3-6H2,1-2H3/b11-9?,12-7+. The number of amidine groups is 2. The van der Waals surface area contributed by atoms with E-state index in [1.165, 1.54) is 25.7 Å². The van der Waals surface area contributed by atoms with Crippen molar-refractivity contribution in [2.45, 2.75) is 38.6 Å². The third-order valence-corrected chi connectivity index (χ3v) is 2.73. The highest BCUT2D eigenvalue weighted by Gasteiger charge is 2.20. The Labute approximate surface area is 84.3 Å². The molecule has 0 heterocycles. The maximum absolute atomic E-state index is 7.04. The summed E-state index contributed by atoms with van der Waals surface area (Å²) < 4.78 is 0. The highest BCUT2D eigenvalue weighted by atomic mass is 35.5. The van der Waals surface area contributed by atoms with Crippen molar-refractivity contribution in [2.75, 3.05) is 7.05 Å². The van der Waals surface area contributed by atoms with Gasteiger partial charge < -0.3 is 4.90 Å². The van der Waals surface area contributed by atoms with Crippen molar-refractivity contribution < 1.29 is 0 Å². The number of nitrogens with zero attached hydrogens (tertiary/aromatic N) is 2. The van der Waals surface area contributed by atoms with Gasteiger partial charge in [-0.15, -0.1) is 0 Å². The fraction of sp³-hybridized carbons (Fsp3) is 0.778. The first kappa shape index (κ1) is 10.5. The molecule has 13 heavy (non-hydrogen) atoms. The van der Waals surface area contributed by atoms with Crippen LogP contribution in [0.2, 0.25) is 0 Å². The minimum absolute atomic E-state index is 0.137. The first-order valence-corrected chi connectivity index (χ1v) is 5.01. The predicted octanol–water partition coefficient (Wildman–Crippen LogP) is 2.45. The molecule has 1 N–H and O–H groups in total. The number of hydrogen-bond donors (Lipinski definition) is 1. The van der Waals surface area contributed by atoms with Crippen molar-refractivity contribution in [3.05, 3.63) is 0 Å². The predicted molar refractivity (Wildman–Crippen MR) is 56.7 cm³/mol. The van der Waals surface area contributed by atoms with E-state index in [9.17, 15) is 0 Å².